The van der Waals surface area contributed by atoms with Crippen molar-refractivity contribution in [2.45, 2.75) is 38.8 Å². The van der Waals surface area contributed by atoms with Gasteiger partial charge in [-0.05, 0) is 25.2 Å². The number of aryl methyl sites for hydroxylation is 1. The molecular weight excluding hydrogens is 376 g/mol. The van der Waals surface area contributed by atoms with Gasteiger partial charge in [0.2, 0.25) is 10.0 Å². The first-order chi connectivity index (χ1) is 12.3. The van der Waals surface area contributed by atoms with Crippen LogP contribution in [0.15, 0.2) is 17.2 Å². The molecule has 0 saturated carbocycles. The van der Waals surface area contributed by atoms with Gasteiger partial charge in [0.25, 0.3) is 5.91 Å². The number of carbonyl (C=O) groups is 1. The maximum absolute atomic E-state index is 12.6. The number of H-pyrrole nitrogens is 1. The van der Waals surface area contributed by atoms with Crippen molar-refractivity contribution in [2.75, 3.05) is 13.1 Å². The van der Waals surface area contributed by atoms with Gasteiger partial charge in [-0.15, -0.1) is 0 Å². The fraction of sp³-hybridized carbons (Fsp3) is 0.533. The van der Waals surface area contributed by atoms with Crippen LogP contribution < -0.4 is 5.32 Å². The fourth-order valence-corrected chi connectivity index (χ4v) is 4.48. The number of carbonyl (C=O) groups excluding carboxylic acids is 1. The number of amides is 1. The second kappa shape index (κ2) is 8.14. The quantitative estimate of drug-likeness (QED) is 0.649. The van der Waals surface area contributed by atoms with Gasteiger partial charge in [0.1, 0.15) is 10.6 Å². The molecule has 2 N–H and O–H groups in total. The molecule has 11 heteroatoms. The van der Waals surface area contributed by atoms with Crippen LogP contribution >= 0.6 is 12.2 Å². The van der Waals surface area contributed by atoms with Crippen LogP contribution in [0.4, 0.5) is 0 Å². The molecule has 0 aliphatic rings. The zero-order chi connectivity index (χ0) is 19.5. The van der Waals surface area contributed by atoms with Gasteiger partial charge in [-0.3, -0.25) is 9.89 Å². The molecular formula is C15H24N6O3S2. The van der Waals surface area contributed by atoms with Crippen molar-refractivity contribution in [3.05, 3.63) is 28.6 Å². The van der Waals surface area contributed by atoms with Crippen molar-refractivity contribution in [1.29, 1.82) is 0 Å². The van der Waals surface area contributed by atoms with E-state index in [4.69, 9.17) is 12.2 Å². The largest absolute Gasteiger partial charge is 0.345 e. The van der Waals surface area contributed by atoms with E-state index in [-0.39, 0.29) is 23.0 Å². The molecule has 0 aliphatic carbocycles. The molecule has 9 nitrogen and oxygen atoms in total. The Morgan fingerprint density at radius 3 is 2.58 bits per heavy atom. The molecule has 2 aromatic rings. The number of rotatable bonds is 8. The Bertz CT molecular complexity index is 937. The van der Waals surface area contributed by atoms with E-state index in [0.717, 1.165) is 0 Å². The molecule has 0 spiro atoms. The number of aromatic amines is 1. The summed E-state index contributed by atoms with van der Waals surface area (Å²) >= 11 is 5.11. The third-order valence-corrected chi connectivity index (χ3v) is 6.44. The first-order valence-corrected chi connectivity index (χ1v) is 10.2. The highest BCUT2D eigenvalue weighted by molar-refractivity contribution is 7.89. The second-order valence-corrected chi connectivity index (χ2v) is 7.96. The van der Waals surface area contributed by atoms with Crippen LogP contribution in [0.1, 0.15) is 37.1 Å². The summed E-state index contributed by atoms with van der Waals surface area (Å²) in [5.74, 6) is 0.223. The molecule has 1 amide bonds. The summed E-state index contributed by atoms with van der Waals surface area (Å²) in [7, 11) is -1.98. The summed E-state index contributed by atoms with van der Waals surface area (Å²) in [5, 5.41) is 9.52. The molecule has 0 radical (unpaired) electrons. The highest BCUT2D eigenvalue weighted by Crippen LogP contribution is 2.18. The zero-order valence-electron chi connectivity index (χ0n) is 15.3. The lowest BCUT2D eigenvalue weighted by Gasteiger charge is -2.17. The lowest BCUT2D eigenvalue weighted by atomic mass is 10.4. The van der Waals surface area contributed by atoms with E-state index in [1.54, 1.807) is 25.5 Å². The normalized spacial score (nSPS) is 11.9. The Labute approximate surface area is 158 Å². The summed E-state index contributed by atoms with van der Waals surface area (Å²) in [6.45, 7) is 7.04. The van der Waals surface area contributed by atoms with E-state index in [1.165, 1.54) is 21.1 Å². The van der Waals surface area contributed by atoms with E-state index in [0.29, 0.717) is 30.2 Å². The van der Waals surface area contributed by atoms with Crippen LogP contribution in [-0.2, 0) is 30.2 Å². The van der Waals surface area contributed by atoms with Gasteiger partial charge < -0.3 is 14.5 Å². The van der Waals surface area contributed by atoms with E-state index in [1.807, 2.05) is 6.92 Å². The minimum atomic E-state index is -3.61. The Morgan fingerprint density at radius 1 is 1.35 bits per heavy atom. The van der Waals surface area contributed by atoms with Crippen LogP contribution in [0.25, 0.3) is 0 Å². The van der Waals surface area contributed by atoms with E-state index < -0.39 is 10.0 Å². The number of hydrogen-bond donors (Lipinski definition) is 2. The van der Waals surface area contributed by atoms with Crippen LogP contribution in [0.5, 0.6) is 0 Å². The summed E-state index contributed by atoms with van der Waals surface area (Å²) in [4.78, 5) is 12.6. The Balaban J connectivity index is 2.20. The van der Waals surface area contributed by atoms with E-state index in [9.17, 15) is 13.2 Å². The standard InChI is InChI=1S/C15H24N6O3S2/c1-5-20(6-2)26(23,24)11-8-12(19(4)10-11)14(22)16-9-13-17-18-15(25)21(13)7-3/h8,10H,5-7,9H2,1-4H3,(H,16,22)(H,18,25). The van der Waals surface area contributed by atoms with Gasteiger partial charge >= 0.3 is 0 Å². The third-order valence-electron chi connectivity index (χ3n) is 4.12. The third kappa shape index (κ3) is 3.89. The topological polar surface area (TPSA) is 105 Å². The van der Waals surface area contributed by atoms with Crippen LogP contribution in [0.2, 0.25) is 0 Å². The predicted molar refractivity (Wildman–Crippen MR) is 99.8 cm³/mol. The summed E-state index contributed by atoms with van der Waals surface area (Å²) in [6, 6.07) is 1.39. The Hall–Kier alpha value is -1.98. The zero-order valence-corrected chi connectivity index (χ0v) is 16.9. The van der Waals surface area contributed by atoms with Crippen molar-refractivity contribution < 1.29 is 13.2 Å². The first kappa shape index (κ1) is 20.3. The van der Waals surface area contributed by atoms with Gasteiger partial charge in [0.05, 0.1) is 6.54 Å². The van der Waals surface area contributed by atoms with Gasteiger partial charge in [0.15, 0.2) is 10.6 Å². The molecule has 2 rings (SSSR count). The van der Waals surface area contributed by atoms with Crippen LogP contribution in [0, 0.1) is 4.77 Å². The molecule has 2 aromatic heterocycles. The summed E-state index contributed by atoms with van der Waals surface area (Å²) in [5.41, 5.74) is 0.257. The van der Waals surface area contributed by atoms with Crippen molar-refractivity contribution in [3.63, 3.8) is 0 Å². The summed E-state index contributed by atoms with van der Waals surface area (Å²) in [6.07, 6.45) is 1.45. The minimum Gasteiger partial charge on any atom is -0.345 e. The van der Waals surface area contributed by atoms with Crippen molar-refractivity contribution >= 4 is 28.1 Å². The number of nitrogens with zero attached hydrogens (tertiary/aromatic N) is 4. The molecule has 26 heavy (non-hydrogen) atoms. The maximum Gasteiger partial charge on any atom is 0.268 e. The number of aromatic nitrogens is 4. The SMILES string of the molecule is CCN(CC)S(=O)(=O)c1cc(C(=O)NCc2n[nH]c(=S)n2CC)n(C)c1. The lowest BCUT2D eigenvalue weighted by Crippen LogP contribution is -2.30. The molecule has 2 heterocycles. The molecule has 0 aromatic carbocycles. The maximum atomic E-state index is 12.6. The van der Waals surface area contributed by atoms with Gasteiger partial charge in [-0.2, -0.15) is 9.40 Å². The van der Waals surface area contributed by atoms with Crippen molar-refractivity contribution in [2.24, 2.45) is 7.05 Å². The predicted octanol–water partition coefficient (Wildman–Crippen LogP) is 1.26. The Kier molecular flexibility index (Phi) is 6.37. The molecule has 0 unspecified atom stereocenters. The van der Waals surface area contributed by atoms with Crippen LogP contribution in [-0.4, -0.2) is 51.1 Å². The molecule has 0 fully saturated rings. The van der Waals surface area contributed by atoms with Crippen molar-refractivity contribution in [3.8, 4) is 0 Å². The lowest BCUT2D eigenvalue weighted by molar-refractivity contribution is 0.0941. The molecule has 0 saturated heterocycles. The molecule has 0 bridgehead atoms. The minimum absolute atomic E-state index is 0.102. The Morgan fingerprint density at radius 2 is 2.00 bits per heavy atom. The average molecular weight is 401 g/mol. The smallest absolute Gasteiger partial charge is 0.268 e. The van der Waals surface area contributed by atoms with E-state index in [2.05, 4.69) is 15.5 Å². The van der Waals surface area contributed by atoms with Crippen molar-refractivity contribution in [1.82, 2.24) is 29.0 Å². The fourth-order valence-electron chi connectivity index (χ4n) is 2.67. The van der Waals surface area contributed by atoms with Crippen LogP contribution in [0.3, 0.4) is 0 Å². The highest BCUT2D eigenvalue weighted by atomic mass is 32.2. The molecule has 0 atom stereocenters. The average Bonchev–Trinajstić information content (AvgIpc) is 3.16. The summed E-state index contributed by atoms with van der Waals surface area (Å²) < 4.78 is 30.3. The number of sulfonamides is 1. The van der Waals surface area contributed by atoms with Gasteiger partial charge in [-0.25, -0.2) is 8.42 Å². The monoisotopic (exact) mass is 400 g/mol. The second-order valence-electron chi connectivity index (χ2n) is 5.63. The van der Waals surface area contributed by atoms with Gasteiger partial charge in [0, 0.05) is 32.9 Å². The first-order valence-electron chi connectivity index (χ1n) is 8.34. The molecule has 144 valence electrons. The number of nitrogens with one attached hydrogen (secondary N) is 2. The number of hydrogen-bond acceptors (Lipinski definition) is 5. The van der Waals surface area contributed by atoms with E-state index >= 15 is 0 Å². The highest BCUT2D eigenvalue weighted by Gasteiger charge is 2.25. The van der Waals surface area contributed by atoms with Gasteiger partial charge in [-0.1, -0.05) is 13.8 Å². The molecule has 0 aliphatic heterocycles.